The van der Waals surface area contributed by atoms with E-state index in [9.17, 15) is 0 Å². The van der Waals surface area contributed by atoms with E-state index in [4.69, 9.17) is 4.74 Å². The average Bonchev–Trinajstić information content (AvgIpc) is 2.07. The molecule has 0 atom stereocenters. The average molecular weight is 152 g/mol. The van der Waals surface area contributed by atoms with E-state index in [1.165, 1.54) is 0 Å². The largest absolute Gasteiger partial charge is 0.488 e. The van der Waals surface area contributed by atoms with Crippen LogP contribution in [-0.2, 0) is 0 Å². The van der Waals surface area contributed by atoms with Crippen LogP contribution in [-0.4, -0.2) is 20.2 Å². The van der Waals surface area contributed by atoms with Gasteiger partial charge in [0.2, 0.25) is 0 Å². The van der Waals surface area contributed by atoms with Gasteiger partial charge in [-0.2, -0.15) is 0 Å². The molecule has 0 saturated carbocycles. The van der Waals surface area contributed by atoms with Crippen LogP contribution in [0.1, 0.15) is 0 Å². The molecule has 0 aliphatic heterocycles. The van der Waals surface area contributed by atoms with Gasteiger partial charge in [-0.3, -0.25) is 0 Å². The predicted molar refractivity (Wildman–Crippen MR) is 44.7 cm³/mol. The van der Waals surface area contributed by atoms with Crippen molar-refractivity contribution < 1.29 is 10.1 Å². The molecular weight excluding hydrogens is 138 g/mol. The van der Waals surface area contributed by atoms with Crippen molar-refractivity contribution >= 4 is 0 Å². The highest BCUT2D eigenvalue weighted by Gasteiger charge is 1.89. The number of ether oxygens (including phenoxy) is 1. The first kappa shape index (κ1) is 8.08. The van der Waals surface area contributed by atoms with Gasteiger partial charge in [-0.05, 0) is 12.1 Å². The quantitative estimate of drug-likeness (QED) is 0.615. The van der Waals surface area contributed by atoms with Crippen molar-refractivity contribution in [2.45, 2.75) is 0 Å². The maximum absolute atomic E-state index is 5.42. The summed E-state index contributed by atoms with van der Waals surface area (Å²) in [4.78, 5) is 0. The van der Waals surface area contributed by atoms with Crippen LogP contribution >= 0.6 is 0 Å². The molecule has 0 radical (unpaired) electrons. The van der Waals surface area contributed by atoms with Crippen molar-refractivity contribution in [1.29, 1.82) is 0 Å². The van der Waals surface area contributed by atoms with Crippen LogP contribution in [0.2, 0.25) is 0 Å². The molecule has 0 saturated heterocycles. The number of quaternary nitrogens is 1. The summed E-state index contributed by atoms with van der Waals surface area (Å²) >= 11 is 0. The van der Waals surface area contributed by atoms with Gasteiger partial charge >= 0.3 is 0 Å². The molecule has 60 valence electrons. The van der Waals surface area contributed by atoms with E-state index >= 15 is 0 Å². The molecule has 1 rings (SSSR count). The molecule has 0 spiro atoms. The van der Waals surface area contributed by atoms with Gasteiger partial charge in [0, 0.05) is 0 Å². The second-order valence-corrected chi connectivity index (χ2v) is 2.36. The van der Waals surface area contributed by atoms with Crippen LogP contribution in [0, 0.1) is 0 Å². The van der Waals surface area contributed by atoms with Gasteiger partial charge in [-0.25, -0.2) is 0 Å². The Hall–Kier alpha value is -1.02. The lowest BCUT2D eigenvalue weighted by molar-refractivity contribution is -0.627. The van der Waals surface area contributed by atoms with Gasteiger partial charge in [0.15, 0.2) is 0 Å². The Morgan fingerprint density at radius 2 is 2.00 bits per heavy atom. The molecular formula is C9H14NO+. The smallest absolute Gasteiger partial charge is 0.137 e. The molecule has 0 bridgehead atoms. The first-order valence-electron chi connectivity index (χ1n) is 3.89. The minimum absolute atomic E-state index is 0.778. The minimum Gasteiger partial charge on any atom is -0.488 e. The number of hydrogen-bond acceptors (Lipinski definition) is 1. The molecule has 0 aromatic heterocycles. The van der Waals surface area contributed by atoms with Gasteiger partial charge in [-0.15, -0.1) is 0 Å². The third-order valence-electron chi connectivity index (χ3n) is 1.42. The zero-order chi connectivity index (χ0) is 7.94. The molecule has 0 aliphatic carbocycles. The Balaban J connectivity index is 2.28. The lowest BCUT2D eigenvalue weighted by Gasteiger charge is -2.02. The van der Waals surface area contributed by atoms with Gasteiger partial charge in [0.05, 0.1) is 7.05 Å². The minimum atomic E-state index is 0.778. The Bertz CT molecular complexity index is 186. The van der Waals surface area contributed by atoms with Crippen molar-refractivity contribution in [2.24, 2.45) is 0 Å². The highest BCUT2D eigenvalue weighted by atomic mass is 16.5. The maximum atomic E-state index is 5.42. The monoisotopic (exact) mass is 152 g/mol. The van der Waals surface area contributed by atoms with Gasteiger partial charge in [-0.1, -0.05) is 18.2 Å². The van der Waals surface area contributed by atoms with Crippen molar-refractivity contribution in [3.05, 3.63) is 30.3 Å². The van der Waals surface area contributed by atoms with Crippen molar-refractivity contribution in [2.75, 3.05) is 20.2 Å². The Kier molecular flexibility index (Phi) is 3.48. The maximum Gasteiger partial charge on any atom is 0.137 e. The van der Waals surface area contributed by atoms with E-state index in [-0.39, 0.29) is 0 Å². The van der Waals surface area contributed by atoms with Gasteiger partial charge in [0.1, 0.15) is 18.9 Å². The van der Waals surface area contributed by atoms with Crippen molar-refractivity contribution in [3.63, 3.8) is 0 Å². The molecule has 0 amide bonds. The summed E-state index contributed by atoms with van der Waals surface area (Å²) in [6.45, 7) is 1.79. The second-order valence-electron chi connectivity index (χ2n) is 2.36. The standard InChI is InChI=1S/C9H13NO/c1-10-7-8-11-9-5-3-2-4-6-9/h2-6,10H,7-8H2,1H3/p+1. The summed E-state index contributed by atoms with van der Waals surface area (Å²) in [5, 5.41) is 2.10. The topological polar surface area (TPSA) is 25.8 Å². The SMILES string of the molecule is C[NH2+]CCOc1ccccc1. The number of rotatable bonds is 4. The van der Waals surface area contributed by atoms with Crippen molar-refractivity contribution in [1.82, 2.24) is 0 Å². The lowest BCUT2D eigenvalue weighted by Crippen LogP contribution is -2.80. The van der Waals surface area contributed by atoms with Crippen LogP contribution < -0.4 is 10.1 Å². The molecule has 1 aromatic carbocycles. The van der Waals surface area contributed by atoms with Gasteiger partial charge < -0.3 is 10.1 Å². The predicted octanol–water partition coefficient (Wildman–Crippen LogP) is 0.259. The van der Waals surface area contributed by atoms with Crippen LogP contribution in [0.15, 0.2) is 30.3 Å². The van der Waals surface area contributed by atoms with Crippen molar-refractivity contribution in [3.8, 4) is 5.75 Å². The highest BCUT2D eigenvalue weighted by Crippen LogP contribution is 2.06. The molecule has 0 unspecified atom stereocenters. The van der Waals surface area contributed by atoms with E-state index in [1.54, 1.807) is 0 Å². The van der Waals surface area contributed by atoms with Gasteiger partial charge in [0.25, 0.3) is 0 Å². The first-order chi connectivity index (χ1) is 5.43. The molecule has 0 aliphatic rings. The Morgan fingerprint density at radius 1 is 1.27 bits per heavy atom. The first-order valence-corrected chi connectivity index (χ1v) is 3.89. The summed E-state index contributed by atoms with van der Waals surface area (Å²) in [7, 11) is 2.04. The molecule has 2 nitrogen and oxygen atoms in total. The summed E-state index contributed by atoms with van der Waals surface area (Å²) in [6.07, 6.45) is 0. The van der Waals surface area contributed by atoms with E-state index in [1.807, 2.05) is 37.4 Å². The zero-order valence-corrected chi connectivity index (χ0v) is 6.79. The second kappa shape index (κ2) is 4.74. The van der Waals surface area contributed by atoms with E-state index in [0.29, 0.717) is 0 Å². The number of hydrogen-bond donors (Lipinski definition) is 1. The summed E-state index contributed by atoms with van der Waals surface area (Å²) in [6, 6.07) is 9.88. The molecule has 11 heavy (non-hydrogen) atoms. The van der Waals surface area contributed by atoms with Crippen LogP contribution in [0.5, 0.6) is 5.75 Å². The molecule has 2 heteroatoms. The summed E-state index contributed by atoms with van der Waals surface area (Å²) in [5.74, 6) is 0.953. The fourth-order valence-electron chi connectivity index (χ4n) is 0.811. The van der Waals surface area contributed by atoms with E-state index in [2.05, 4.69) is 5.32 Å². The summed E-state index contributed by atoms with van der Waals surface area (Å²) < 4.78 is 5.42. The third kappa shape index (κ3) is 3.05. The molecule has 0 fully saturated rings. The fraction of sp³-hybridized carbons (Fsp3) is 0.333. The molecule has 1 aromatic rings. The Morgan fingerprint density at radius 3 is 2.64 bits per heavy atom. The number of likely N-dealkylation sites (N-methyl/N-ethyl adjacent to an activating group) is 1. The zero-order valence-electron chi connectivity index (χ0n) is 6.79. The molecule has 0 heterocycles. The Labute approximate surface area is 67.2 Å². The van der Waals surface area contributed by atoms with Crippen LogP contribution in [0.3, 0.4) is 0 Å². The van der Waals surface area contributed by atoms with Crippen LogP contribution in [0.4, 0.5) is 0 Å². The third-order valence-corrected chi connectivity index (χ3v) is 1.42. The normalized spacial score (nSPS) is 9.55. The number of para-hydroxylation sites is 1. The van der Waals surface area contributed by atoms with Crippen LogP contribution in [0.25, 0.3) is 0 Å². The number of benzene rings is 1. The lowest BCUT2D eigenvalue weighted by atomic mass is 10.3. The molecule has 2 N–H and O–H groups in total. The summed E-state index contributed by atoms with van der Waals surface area (Å²) in [5.41, 5.74) is 0. The van der Waals surface area contributed by atoms with E-state index < -0.39 is 0 Å². The fourth-order valence-corrected chi connectivity index (χ4v) is 0.811. The number of nitrogens with two attached hydrogens (primary N) is 1. The van der Waals surface area contributed by atoms with E-state index in [0.717, 1.165) is 18.9 Å². The highest BCUT2D eigenvalue weighted by molar-refractivity contribution is 5.20.